The molecule has 3 aromatic rings. The van der Waals surface area contributed by atoms with Crippen LogP contribution in [0.5, 0.6) is 0 Å². The highest BCUT2D eigenvalue weighted by molar-refractivity contribution is 6.46. The number of para-hydroxylation sites is 1. The number of imide groups is 1. The van der Waals surface area contributed by atoms with Crippen molar-refractivity contribution in [1.82, 2.24) is 0 Å². The Morgan fingerprint density at radius 3 is 2.03 bits per heavy atom. The lowest BCUT2D eigenvalue weighted by Gasteiger charge is -2.21. The monoisotopic (exact) mass is 386 g/mol. The maximum atomic E-state index is 13.5. The second-order valence-corrected chi connectivity index (χ2v) is 6.91. The lowest BCUT2D eigenvalue weighted by molar-refractivity contribution is -0.120. The molecule has 0 N–H and O–H groups in total. The Morgan fingerprint density at radius 2 is 1.41 bits per heavy atom. The van der Waals surface area contributed by atoms with E-state index in [1.54, 1.807) is 24.1 Å². The number of likely N-dealkylation sites (N-methyl/N-ethyl adjacent to an activating group) is 1. The van der Waals surface area contributed by atoms with Crippen molar-refractivity contribution < 1.29 is 14.0 Å². The number of carbonyl (C=O) groups excluding carboxylic acids is 2. The fourth-order valence-corrected chi connectivity index (χ4v) is 3.42. The quantitative estimate of drug-likeness (QED) is 0.618. The molecule has 0 saturated heterocycles. The topological polar surface area (TPSA) is 40.6 Å². The minimum Gasteiger partial charge on any atom is -0.339 e. The molecule has 0 saturated carbocycles. The summed E-state index contributed by atoms with van der Waals surface area (Å²) in [6.07, 6.45) is 0. The first kappa shape index (κ1) is 18.6. The molecule has 0 aliphatic carbocycles. The van der Waals surface area contributed by atoms with E-state index in [9.17, 15) is 14.0 Å². The van der Waals surface area contributed by atoms with E-state index in [2.05, 4.69) is 0 Å². The van der Waals surface area contributed by atoms with Crippen LogP contribution in [0.15, 0.2) is 84.6 Å². The Balaban J connectivity index is 1.87. The molecule has 0 unspecified atom stereocenters. The van der Waals surface area contributed by atoms with E-state index in [1.165, 1.54) is 29.2 Å². The van der Waals surface area contributed by atoms with Gasteiger partial charge < -0.3 is 4.90 Å². The summed E-state index contributed by atoms with van der Waals surface area (Å²) in [4.78, 5) is 29.6. The van der Waals surface area contributed by atoms with Crippen molar-refractivity contribution in [3.05, 3.63) is 102 Å². The molecule has 4 rings (SSSR count). The molecule has 1 aliphatic rings. The molecule has 0 aromatic heterocycles. The summed E-state index contributed by atoms with van der Waals surface area (Å²) in [5.41, 5.74) is 3.31. The third kappa shape index (κ3) is 3.31. The van der Waals surface area contributed by atoms with Gasteiger partial charge in [0.15, 0.2) is 0 Å². The largest absolute Gasteiger partial charge is 0.339 e. The van der Waals surface area contributed by atoms with Crippen molar-refractivity contribution in [2.24, 2.45) is 0 Å². The highest BCUT2D eigenvalue weighted by atomic mass is 19.1. The summed E-state index contributed by atoms with van der Waals surface area (Å²) >= 11 is 0. The third-order valence-corrected chi connectivity index (χ3v) is 4.96. The lowest BCUT2D eigenvalue weighted by atomic mass is 10.0. The van der Waals surface area contributed by atoms with E-state index in [0.29, 0.717) is 11.3 Å². The number of carbonyl (C=O) groups is 2. The van der Waals surface area contributed by atoms with E-state index < -0.39 is 17.6 Å². The molecule has 1 heterocycles. The molecule has 1 aliphatic heterocycles. The highest BCUT2D eigenvalue weighted by Gasteiger charge is 2.42. The first-order valence-electron chi connectivity index (χ1n) is 9.22. The van der Waals surface area contributed by atoms with Crippen LogP contribution in [0.3, 0.4) is 0 Å². The van der Waals surface area contributed by atoms with Crippen LogP contribution in [0.1, 0.15) is 11.1 Å². The van der Waals surface area contributed by atoms with Crippen LogP contribution >= 0.6 is 0 Å². The summed E-state index contributed by atoms with van der Waals surface area (Å²) in [5.74, 6) is -1.24. The highest BCUT2D eigenvalue weighted by Crippen LogP contribution is 2.36. The van der Waals surface area contributed by atoms with Crippen LogP contribution in [0.2, 0.25) is 0 Å². The molecule has 0 bridgehead atoms. The van der Waals surface area contributed by atoms with Crippen molar-refractivity contribution >= 4 is 28.8 Å². The number of aryl methyl sites for hydroxylation is 1. The molecular weight excluding hydrogens is 367 g/mol. The van der Waals surface area contributed by atoms with Gasteiger partial charge in [-0.15, -0.1) is 0 Å². The number of anilines is 2. The molecule has 2 amide bonds. The van der Waals surface area contributed by atoms with Crippen molar-refractivity contribution in [2.75, 3.05) is 16.8 Å². The Bertz CT molecular complexity index is 1100. The standard InChI is InChI=1S/C24H19FN2O2/c1-16-8-14-20(15-9-16)27-23(28)21(17-10-12-18(25)13-11-17)22(24(27)29)26(2)19-6-4-3-5-7-19/h3-15H,1-2H3. The predicted octanol–water partition coefficient (Wildman–Crippen LogP) is 4.56. The first-order chi connectivity index (χ1) is 14.0. The second-order valence-electron chi connectivity index (χ2n) is 6.91. The van der Waals surface area contributed by atoms with Gasteiger partial charge in [0.2, 0.25) is 0 Å². The van der Waals surface area contributed by atoms with E-state index in [4.69, 9.17) is 0 Å². The predicted molar refractivity (Wildman–Crippen MR) is 112 cm³/mol. The van der Waals surface area contributed by atoms with Gasteiger partial charge in [0.1, 0.15) is 11.5 Å². The third-order valence-electron chi connectivity index (χ3n) is 4.96. The van der Waals surface area contributed by atoms with Crippen molar-refractivity contribution in [1.29, 1.82) is 0 Å². The number of nitrogens with zero attached hydrogens (tertiary/aromatic N) is 2. The van der Waals surface area contributed by atoms with Crippen LogP contribution in [0.25, 0.3) is 5.57 Å². The normalized spacial score (nSPS) is 14.0. The minimum absolute atomic E-state index is 0.252. The van der Waals surface area contributed by atoms with Gasteiger partial charge in [-0.2, -0.15) is 0 Å². The van der Waals surface area contributed by atoms with Gasteiger partial charge in [0, 0.05) is 12.7 Å². The molecule has 0 fully saturated rings. The van der Waals surface area contributed by atoms with Gasteiger partial charge in [0.05, 0.1) is 11.3 Å². The lowest BCUT2D eigenvalue weighted by Crippen LogP contribution is -2.34. The molecule has 3 aromatic carbocycles. The van der Waals surface area contributed by atoms with Crippen molar-refractivity contribution in [2.45, 2.75) is 6.92 Å². The SMILES string of the molecule is Cc1ccc(N2C(=O)C(c3ccc(F)cc3)=C(N(C)c3ccccc3)C2=O)cc1. The maximum absolute atomic E-state index is 13.5. The Morgan fingerprint density at radius 1 is 0.793 bits per heavy atom. The fourth-order valence-electron chi connectivity index (χ4n) is 3.42. The Labute approximate surface area is 168 Å². The van der Waals surface area contributed by atoms with Crippen molar-refractivity contribution in [3.63, 3.8) is 0 Å². The average molecular weight is 386 g/mol. The van der Waals surface area contributed by atoms with Gasteiger partial charge >= 0.3 is 0 Å². The fraction of sp³-hybridized carbons (Fsp3) is 0.0833. The van der Waals surface area contributed by atoms with E-state index in [-0.39, 0.29) is 11.3 Å². The van der Waals surface area contributed by atoms with Gasteiger partial charge in [0.25, 0.3) is 11.8 Å². The van der Waals surface area contributed by atoms with Crippen LogP contribution in [-0.4, -0.2) is 18.9 Å². The minimum atomic E-state index is -0.428. The number of halogens is 1. The molecule has 5 heteroatoms. The number of benzene rings is 3. The summed E-state index contributed by atoms with van der Waals surface area (Å²) in [6.45, 7) is 1.94. The zero-order valence-electron chi connectivity index (χ0n) is 16.1. The summed E-state index contributed by atoms with van der Waals surface area (Å²) in [7, 11) is 1.75. The van der Waals surface area contributed by atoms with Gasteiger partial charge in [-0.25, -0.2) is 9.29 Å². The number of amides is 2. The van der Waals surface area contributed by atoms with Gasteiger partial charge in [-0.05, 0) is 48.9 Å². The van der Waals surface area contributed by atoms with E-state index >= 15 is 0 Å². The maximum Gasteiger partial charge on any atom is 0.282 e. The Hall–Kier alpha value is -3.73. The Kier molecular flexibility index (Phi) is 4.72. The van der Waals surface area contributed by atoms with Crippen LogP contribution in [0.4, 0.5) is 15.8 Å². The van der Waals surface area contributed by atoms with Crippen LogP contribution < -0.4 is 9.80 Å². The van der Waals surface area contributed by atoms with Crippen LogP contribution in [0, 0.1) is 12.7 Å². The molecule has 29 heavy (non-hydrogen) atoms. The molecule has 0 radical (unpaired) electrons. The smallest absolute Gasteiger partial charge is 0.282 e. The van der Waals surface area contributed by atoms with Crippen molar-refractivity contribution in [3.8, 4) is 0 Å². The van der Waals surface area contributed by atoms with Gasteiger partial charge in [-0.3, -0.25) is 9.59 Å². The second kappa shape index (κ2) is 7.36. The summed E-state index contributed by atoms with van der Waals surface area (Å²) in [6, 6.07) is 22.2. The number of rotatable bonds is 4. The average Bonchev–Trinajstić information content (AvgIpc) is 3.00. The molecule has 144 valence electrons. The zero-order chi connectivity index (χ0) is 20.5. The molecule has 0 atom stereocenters. The first-order valence-corrected chi connectivity index (χ1v) is 9.22. The summed E-state index contributed by atoms with van der Waals surface area (Å²) in [5, 5.41) is 0. The van der Waals surface area contributed by atoms with Crippen LogP contribution in [-0.2, 0) is 9.59 Å². The number of hydrogen-bond acceptors (Lipinski definition) is 3. The molecule has 0 spiro atoms. The molecular formula is C24H19FN2O2. The molecule has 4 nitrogen and oxygen atoms in total. The zero-order valence-corrected chi connectivity index (χ0v) is 16.1. The summed E-state index contributed by atoms with van der Waals surface area (Å²) < 4.78 is 13.5. The van der Waals surface area contributed by atoms with E-state index in [1.807, 2.05) is 49.4 Å². The van der Waals surface area contributed by atoms with Gasteiger partial charge in [-0.1, -0.05) is 48.0 Å². The van der Waals surface area contributed by atoms with E-state index in [0.717, 1.165) is 11.3 Å². The number of hydrogen-bond donors (Lipinski definition) is 0.